The lowest BCUT2D eigenvalue weighted by molar-refractivity contribution is -0.123. The molecule has 6 nitrogen and oxygen atoms in total. The minimum Gasteiger partial charge on any atom is -0.497 e. The van der Waals surface area contributed by atoms with Crippen molar-refractivity contribution in [3.63, 3.8) is 0 Å². The van der Waals surface area contributed by atoms with Crippen LogP contribution in [0.4, 0.5) is 5.69 Å². The number of fused-ring (bicyclic) bond motifs is 1. The summed E-state index contributed by atoms with van der Waals surface area (Å²) in [6.07, 6.45) is 3.35. The van der Waals surface area contributed by atoms with Crippen LogP contribution in [0.1, 0.15) is 24.5 Å². The number of anilines is 1. The van der Waals surface area contributed by atoms with Crippen LogP contribution in [-0.4, -0.2) is 31.5 Å². The summed E-state index contributed by atoms with van der Waals surface area (Å²) in [5.74, 6) is 0.847. The van der Waals surface area contributed by atoms with Gasteiger partial charge in [-0.05, 0) is 61.2 Å². The molecule has 0 bridgehead atoms. The summed E-state index contributed by atoms with van der Waals surface area (Å²) in [7, 11) is 1.60. The third-order valence-corrected chi connectivity index (χ3v) is 5.66. The van der Waals surface area contributed by atoms with Gasteiger partial charge in [-0.3, -0.25) is 14.5 Å². The number of nitrogens with one attached hydrogen (secondary N) is 1. The van der Waals surface area contributed by atoms with Crippen LogP contribution in [0, 0.1) is 0 Å². The van der Waals surface area contributed by atoms with Gasteiger partial charge < -0.3 is 14.8 Å². The van der Waals surface area contributed by atoms with Gasteiger partial charge in [-0.15, -0.1) is 0 Å². The molecular formula is C28H28N2O4. The van der Waals surface area contributed by atoms with Gasteiger partial charge in [0.1, 0.15) is 12.3 Å². The van der Waals surface area contributed by atoms with Crippen LogP contribution in [-0.2, 0) is 16.0 Å². The second kappa shape index (κ2) is 10.7. The van der Waals surface area contributed by atoms with Crippen LogP contribution in [0.15, 0.2) is 84.6 Å². The topological polar surface area (TPSA) is 67.9 Å². The average Bonchev–Trinajstić information content (AvgIpc) is 2.86. The molecule has 1 aliphatic rings. The van der Waals surface area contributed by atoms with Crippen LogP contribution in [0.25, 0.3) is 6.08 Å². The molecule has 1 heterocycles. The fraction of sp³-hybridized carbons (Fsp3) is 0.214. The first-order valence-electron chi connectivity index (χ1n) is 11.3. The zero-order chi connectivity index (χ0) is 23.9. The Bertz CT molecular complexity index is 1170. The highest BCUT2D eigenvalue weighted by Crippen LogP contribution is 2.35. The summed E-state index contributed by atoms with van der Waals surface area (Å²) in [5, 5.41) is 3.02. The summed E-state index contributed by atoms with van der Waals surface area (Å²) in [5.41, 5.74) is 2.60. The number of hydrogen-bond acceptors (Lipinski definition) is 4. The summed E-state index contributed by atoms with van der Waals surface area (Å²) >= 11 is 0. The van der Waals surface area contributed by atoms with Crippen molar-refractivity contribution in [3.8, 4) is 11.5 Å². The molecule has 3 aromatic carbocycles. The smallest absolute Gasteiger partial charge is 0.294 e. The van der Waals surface area contributed by atoms with Crippen molar-refractivity contribution in [1.29, 1.82) is 0 Å². The maximum Gasteiger partial charge on any atom is 0.294 e. The number of carbonyl (C=O) groups is 2. The van der Waals surface area contributed by atoms with E-state index in [4.69, 9.17) is 9.47 Å². The lowest BCUT2D eigenvalue weighted by Crippen LogP contribution is -2.46. The van der Waals surface area contributed by atoms with Gasteiger partial charge in [0, 0.05) is 6.04 Å². The molecule has 1 aliphatic heterocycles. The Morgan fingerprint density at radius 3 is 2.47 bits per heavy atom. The molecule has 2 amide bonds. The lowest BCUT2D eigenvalue weighted by atomic mass is 10.1. The quantitative estimate of drug-likeness (QED) is 0.503. The van der Waals surface area contributed by atoms with Crippen molar-refractivity contribution in [3.05, 3.63) is 95.7 Å². The SMILES string of the molecule is COc1ccc(C=C2Oc3ccccc3N(CC(=O)NC(C)CCc3ccccc3)C2=O)cc1. The normalized spacial score (nSPS) is 14.8. The van der Waals surface area contributed by atoms with E-state index in [1.165, 1.54) is 10.5 Å². The Morgan fingerprint density at radius 2 is 1.74 bits per heavy atom. The van der Waals surface area contributed by atoms with Crippen LogP contribution < -0.4 is 19.7 Å². The number of benzene rings is 3. The molecule has 1 atom stereocenters. The number of amides is 2. The molecule has 1 unspecified atom stereocenters. The standard InChI is InChI=1S/C28H28N2O4/c1-20(12-13-21-8-4-3-5-9-21)29-27(31)19-30-24-10-6-7-11-25(24)34-26(28(30)32)18-22-14-16-23(33-2)17-15-22/h3-11,14-18,20H,12-13,19H2,1-2H3,(H,29,31). The lowest BCUT2D eigenvalue weighted by Gasteiger charge is -2.30. The molecule has 0 radical (unpaired) electrons. The van der Waals surface area contributed by atoms with Crippen molar-refractivity contribution in [2.45, 2.75) is 25.8 Å². The number of rotatable bonds is 8. The molecule has 0 aromatic heterocycles. The zero-order valence-corrected chi connectivity index (χ0v) is 19.4. The Kier molecular flexibility index (Phi) is 7.28. The number of aryl methyl sites for hydroxylation is 1. The van der Waals surface area contributed by atoms with E-state index in [0.717, 1.165) is 24.2 Å². The second-order valence-electron chi connectivity index (χ2n) is 8.24. The molecule has 0 aliphatic carbocycles. The van der Waals surface area contributed by atoms with Gasteiger partial charge in [0.2, 0.25) is 5.91 Å². The van der Waals surface area contributed by atoms with Crippen LogP contribution >= 0.6 is 0 Å². The third-order valence-electron chi connectivity index (χ3n) is 5.66. The molecule has 4 rings (SSSR count). The van der Waals surface area contributed by atoms with E-state index < -0.39 is 0 Å². The van der Waals surface area contributed by atoms with E-state index in [2.05, 4.69) is 17.4 Å². The third kappa shape index (κ3) is 5.64. The highest BCUT2D eigenvalue weighted by molar-refractivity contribution is 6.12. The monoisotopic (exact) mass is 456 g/mol. The van der Waals surface area contributed by atoms with Crippen molar-refractivity contribution in [2.75, 3.05) is 18.6 Å². The number of nitrogens with zero attached hydrogens (tertiary/aromatic N) is 1. The highest BCUT2D eigenvalue weighted by atomic mass is 16.5. The van der Waals surface area contributed by atoms with Gasteiger partial charge in [0.15, 0.2) is 11.5 Å². The number of para-hydroxylation sites is 2. The van der Waals surface area contributed by atoms with Crippen molar-refractivity contribution in [2.24, 2.45) is 0 Å². The largest absolute Gasteiger partial charge is 0.497 e. The number of hydrogen-bond donors (Lipinski definition) is 1. The van der Waals surface area contributed by atoms with Crippen LogP contribution in [0.2, 0.25) is 0 Å². The van der Waals surface area contributed by atoms with Gasteiger partial charge in [-0.1, -0.05) is 54.6 Å². The molecule has 0 spiro atoms. The minimum absolute atomic E-state index is 0.0200. The molecule has 0 saturated heterocycles. The van der Waals surface area contributed by atoms with Gasteiger partial charge >= 0.3 is 0 Å². The van der Waals surface area contributed by atoms with Gasteiger partial charge in [-0.2, -0.15) is 0 Å². The molecule has 3 aromatic rings. The summed E-state index contributed by atoms with van der Waals surface area (Å²) in [6.45, 7) is 1.89. The molecular weight excluding hydrogens is 428 g/mol. The predicted molar refractivity (Wildman–Crippen MR) is 133 cm³/mol. The summed E-state index contributed by atoms with van der Waals surface area (Å²) in [4.78, 5) is 27.6. The first-order chi connectivity index (χ1) is 16.5. The van der Waals surface area contributed by atoms with Gasteiger partial charge in [0.05, 0.1) is 12.8 Å². The fourth-order valence-electron chi connectivity index (χ4n) is 3.83. The van der Waals surface area contributed by atoms with Gasteiger partial charge in [0.25, 0.3) is 5.91 Å². The Labute approximate surface area is 199 Å². The second-order valence-corrected chi connectivity index (χ2v) is 8.24. The number of methoxy groups -OCH3 is 1. The predicted octanol–water partition coefficient (Wildman–Crippen LogP) is 4.60. The van der Waals surface area contributed by atoms with E-state index in [1.807, 2.05) is 61.5 Å². The Balaban J connectivity index is 1.46. The Morgan fingerprint density at radius 1 is 1.03 bits per heavy atom. The van der Waals surface area contributed by atoms with Crippen molar-refractivity contribution >= 4 is 23.6 Å². The average molecular weight is 457 g/mol. The maximum absolute atomic E-state index is 13.3. The molecule has 0 saturated carbocycles. The van der Waals surface area contributed by atoms with E-state index >= 15 is 0 Å². The molecule has 6 heteroatoms. The fourth-order valence-corrected chi connectivity index (χ4v) is 3.83. The molecule has 174 valence electrons. The van der Waals surface area contributed by atoms with Crippen molar-refractivity contribution < 1.29 is 19.1 Å². The van der Waals surface area contributed by atoms with Crippen LogP contribution in [0.5, 0.6) is 11.5 Å². The van der Waals surface area contributed by atoms with Crippen LogP contribution in [0.3, 0.4) is 0 Å². The highest BCUT2D eigenvalue weighted by Gasteiger charge is 2.31. The van der Waals surface area contributed by atoms with Gasteiger partial charge in [-0.25, -0.2) is 0 Å². The summed E-state index contributed by atoms with van der Waals surface area (Å²) in [6, 6.07) is 24.7. The van der Waals surface area contributed by atoms with E-state index in [0.29, 0.717) is 11.4 Å². The van der Waals surface area contributed by atoms with E-state index in [-0.39, 0.29) is 30.2 Å². The Hall–Kier alpha value is -4.06. The first-order valence-corrected chi connectivity index (χ1v) is 11.3. The molecule has 34 heavy (non-hydrogen) atoms. The van der Waals surface area contributed by atoms with E-state index in [1.54, 1.807) is 25.3 Å². The maximum atomic E-state index is 13.3. The minimum atomic E-state index is -0.360. The number of ether oxygens (including phenoxy) is 2. The number of carbonyl (C=O) groups excluding carboxylic acids is 2. The molecule has 0 fully saturated rings. The summed E-state index contributed by atoms with van der Waals surface area (Å²) < 4.78 is 11.1. The molecule has 1 N–H and O–H groups in total. The van der Waals surface area contributed by atoms with E-state index in [9.17, 15) is 9.59 Å². The van der Waals surface area contributed by atoms with Crippen molar-refractivity contribution in [1.82, 2.24) is 5.32 Å². The zero-order valence-electron chi connectivity index (χ0n) is 19.4. The first kappa shape index (κ1) is 23.1.